The van der Waals surface area contributed by atoms with Crippen molar-refractivity contribution in [2.24, 2.45) is 13.0 Å². The Morgan fingerprint density at radius 2 is 2.00 bits per heavy atom. The molecule has 0 unspecified atom stereocenters. The topological polar surface area (TPSA) is 67.2 Å². The molecule has 1 atom stereocenters. The Labute approximate surface area is 122 Å². The molecule has 0 aliphatic carbocycles. The summed E-state index contributed by atoms with van der Waals surface area (Å²) < 4.78 is 29.2. The molecular formula is C13H26N4O2S. The van der Waals surface area contributed by atoms with Gasteiger partial charge in [-0.1, -0.05) is 13.8 Å². The third-order valence-corrected chi connectivity index (χ3v) is 4.42. The molecule has 0 saturated carbocycles. The van der Waals surface area contributed by atoms with Gasteiger partial charge in [0.2, 0.25) is 0 Å². The van der Waals surface area contributed by atoms with Gasteiger partial charge < -0.3 is 9.47 Å². The van der Waals surface area contributed by atoms with E-state index in [2.05, 4.69) is 23.6 Å². The predicted molar refractivity (Wildman–Crippen MR) is 80.1 cm³/mol. The van der Waals surface area contributed by atoms with E-state index < -0.39 is 10.0 Å². The van der Waals surface area contributed by atoms with Crippen molar-refractivity contribution >= 4 is 10.0 Å². The molecule has 1 heterocycles. The average molecular weight is 302 g/mol. The zero-order valence-corrected chi connectivity index (χ0v) is 14.0. The number of sulfonamides is 1. The minimum atomic E-state index is -3.56. The third-order valence-electron chi connectivity index (χ3n) is 3.03. The van der Waals surface area contributed by atoms with Crippen LogP contribution in [0.4, 0.5) is 0 Å². The molecule has 0 aliphatic rings. The van der Waals surface area contributed by atoms with Crippen LogP contribution in [-0.4, -0.2) is 49.6 Å². The van der Waals surface area contributed by atoms with Gasteiger partial charge in [0.25, 0.3) is 10.0 Å². The van der Waals surface area contributed by atoms with Gasteiger partial charge in [-0.15, -0.1) is 0 Å². The smallest absolute Gasteiger partial charge is 0.259 e. The van der Waals surface area contributed by atoms with Crippen LogP contribution in [0, 0.1) is 12.8 Å². The molecule has 116 valence electrons. The van der Waals surface area contributed by atoms with Crippen molar-refractivity contribution in [1.82, 2.24) is 19.2 Å². The Morgan fingerprint density at radius 1 is 1.40 bits per heavy atom. The van der Waals surface area contributed by atoms with Crippen LogP contribution in [-0.2, 0) is 17.1 Å². The van der Waals surface area contributed by atoms with Crippen LogP contribution in [0.3, 0.4) is 0 Å². The maximum absolute atomic E-state index is 12.4. The first kappa shape index (κ1) is 17.1. The van der Waals surface area contributed by atoms with Crippen molar-refractivity contribution in [1.29, 1.82) is 0 Å². The average Bonchev–Trinajstić information content (AvgIpc) is 2.57. The monoisotopic (exact) mass is 302 g/mol. The summed E-state index contributed by atoms with van der Waals surface area (Å²) in [6.45, 7) is 6.62. The highest BCUT2D eigenvalue weighted by Gasteiger charge is 2.24. The summed E-state index contributed by atoms with van der Waals surface area (Å²) >= 11 is 0. The minimum absolute atomic E-state index is 0.0880. The highest BCUT2D eigenvalue weighted by molar-refractivity contribution is 7.89. The lowest BCUT2D eigenvalue weighted by Crippen LogP contribution is -2.42. The van der Waals surface area contributed by atoms with Crippen molar-refractivity contribution in [2.45, 2.75) is 38.3 Å². The molecule has 0 fully saturated rings. The van der Waals surface area contributed by atoms with Crippen LogP contribution < -0.4 is 4.72 Å². The van der Waals surface area contributed by atoms with E-state index in [4.69, 9.17) is 0 Å². The molecule has 1 N–H and O–H groups in total. The summed E-state index contributed by atoms with van der Waals surface area (Å²) in [5, 5.41) is 0.0880. The standard InChI is InChI=1S/C13H26N4O2S/c1-10(2)7-12(8-16(4)5)15-20(18,19)13-9-17(6)11(3)14-13/h9-10,12,15H,7-8H2,1-6H3/t12-/m0/s1. The lowest BCUT2D eigenvalue weighted by Gasteiger charge is -2.23. The molecule has 0 aromatic carbocycles. The summed E-state index contributed by atoms with van der Waals surface area (Å²) in [6.07, 6.45) is 2.34. The number of hydrogen-bond donors (Lipinski definition) is 1. The van der Waals surface area contributed by atoms with Gasteiger partial charge in [0.15, 0.2) is 5.03 Å². The van der Waals surface area contributed by atoms with Gasteiger partial charge in [-0.2, -0.15) is 0 Å². The molecule has 20 heavy (non-hydrogen) atoms. The van der Waals surface area contributed by atoms with Crippen LogP contribution in [0.5, 0.6) is 0 Å². The van der Waals surface area contributed by atoms with Crippen molar-refractivity contribution in [3.63, 3.8) is 0 Å². The Kier molecular flexibility index (Phi) is 5.73. The van der Waals surface area contributed by atoms with E-state index >= 15 is 0 Å². The minimum Gasteiger partial charge on any atom is -0.337 e. The fraction of sp³-hybridized carbons (Fsp3) is 0.769. The largest absolute Gasteiger partial charge is 0.337 e. The van der Waals surface area contributed by atoms with Crippen molar-refractivity contribution < 1.29 is 8.42 Å². The van der Waals surface area contributed by atoms with Crippen LogP contribution in [0.1, 0.15) is 26.1 Å². The number of likely N-dealkylation sites (N-methyl/N-ethyl adjacent to an activating group) is 1. The van der Waals surface area contributed by atoms with Crippen molar-refractivity contribution in [2.75, 3.05) is 20.6 Å². The van der Waals surface area contributed by atoms with E-state index in [0.717, 1.165) is 6.42 Å². The van der Waals surface area contributed by atoms with E-state index in [0.29, 0.717) is 18.3 Å². The number of aryl methyl sites for hydroxylation is 2. The Bertz CT molecular complexity index is 505. The second-order valence-corrected chi connectivity index (χ2v) is 7.61. The van der Waals surface area contributed by atoms with Gasteiger partial charge in [-0.05, 0) is 33.4 Å². The predicted octanol–water partition coefficient (Wildman–Crippen LogP) is 0.983. The quantitative estimate of drug-likeness (QED) is 0.815. The highest BCUT2D eigenvalue weighted by atomic mass is 32.2. The summed E-state index contributed by atoms with van der Waals surface area (Å²) in [5.74, 6) is 1.10. The summed E-state index contributed by atoms with van der Waals surface area (Å²) in [7, 11) is 2.10. The molecule has 7 heteroatoms. The molecule has 0 aliphatic heterocycles. The Hall–Kier alpha value is -0.920. The first-order valence-electron chi connectivity index (χ1n) is 6.79. The van der Waals surface area contributed by atoms with E-state index in [-0.39, 0.29) is 11.1 Å². The molecule has 1 rings (SSSR count). The molecule has 0 spiro atoms. The molecule has 6 nitrogen and oxygen atoms in total. The molecule has 0 radical (unpaired) electrons. The van der Waals surface area contributed by atoms with E-state index in [1.165, 1.54) is 0 Å². The van der Waals surface area contributed by atoms with E-state index in [1.54, 1.807) is 24.7 Å². The molecule has 0 amide bonds. The fourth-order valence-electron chi connectivity index (χ4n) is 2.11. The third kappa shape index (κ3) is 4.88. The highest BCUT2D eigenvalue weighted by Crippen LogP contribution is 2.12. The van der Waals surface area contributed by atoms with Gasteiger partial charge in [0, 0.05) is 25.8 Å². The second kappa shape index (κ2) is 6.69. The molecular weight excluding hydrogens is 276 g/mol. The maximum atomic E-state index is 12.4. The number of hydrogen-bond acceptors (Lipinski definition) is 4. The van der Waals surface area contributed by atoms with E-state index in [1.807, 2.05) is 19.0 Å². The Morgan fingerprint density at radius 3 is 2.40 bits per heavy atom. The van der Waals surface area contributed by atoms with E-state index in [9.17, 15) is 8.42 Å². The Balaban J connectivity index is 2.90. The van der Waals surface area contributed by atoms with Crippen molar-refractivity contribution in [3.05, 3.63) is 12.0 Å². The zero-order chi connectivity index (χ0) is 15.5. The van der Waals surface area contributed by atoms with Gasteiger partial charge in [0.05, 0.1) is 0 Å². The number of aromatic nitrogens is 2. The number of nitrogens with one attached hydrogen (secondary N) is 1. The second-order valence-electron chi connectivity index (χ2n) is 5.95. The molecule has 0 bridgehead atoms. The fourth-order valence-corrected chi connectivity index (χ4v) is 3.38. The molecule has 1 aromatic rings. The number of nitrogens with zero attached hydrogens (tertiary/aromatic N) is 3. The number of rotatable bonds is 7. The van der Waals surface area contributed by atoms with Crippen LogP contribution in [0.15, 0.2) is 11.2 Å². The molecule has 0 saturated heterocycles. The van der Waals surface area contributed by atoms with Gasteiger partial charge in [-0.3, -0.25) is 0 Å². The summed E-state index contributed by atoms with van der Waals surface area (Å²) in [4.78, 5) is 6.08. The normalized spacial score (nSPS) is 14.2. The SMILES string of the molecule is Cc1nc(S(=O)(=O)N[C@@H](CC(C)C)CN(C)C)cn1C. The zero-order valence-electron chi connectivity index (χ0n) is 13.2. The summed E-state index contributed by atoms with van der Waals surface area (Å²) in [6, 6.07) is -0.114. The van der Waals surface area contributed by atoms with Crippen LogP contribution in [0.25, 0.3) is 0 Å². The lowest BCUT2D eigenvalue weighted by molar-refractivity contribution is 0.329. The van der Waals surface area contributed by atoms with Crippen LogP contribution >= 0.6 is 0 Å². The van der Waals surface area contributed by atoms with Crippen molar-refractivity contribution in [3.8, 4) is 0 Å². The first-order chi connectivity index (χ1) is 9.11. The van der Waals surface area contributed by atoms with Crippen LogP contribution in [0.2, 0.25) is 0 Å². The summed E-state index contributed by atoms with van der Waals surface area (Å²) in [5.41, 5.74) is 0. The first-order valence-corrected chi connectivity index (χ1v) is 8.27. The van der Waals surface area contributed by atoms with Gasteiger partial charge in [-0.25, -0.2) is 18.1 Å². The lowest BCUT2D eigenvalue weighted by atomic mass is 10.0. The maximum Gasteiger partial charge on any atom is 0.259 e. The van der Waals surface area contributed by atoms with Gasteiger partial charge >= 0.3 is 0 Å². The van der Waals surface area contributed by atoms with Gasteiger partial charge in [0.1, 0.15) is 5.82 Å². The molecule has 1 aromatic heterocycles. The number of imidazole rings is 1.